The van der Waals surface area contributed by atoms with Crippen molar-refractivity contribution >= 4 is 44.6 Å². The number of para-hydroxylation sites is 1. The molecular weight excluding hydrogens is 366 g/mol. The Hall–Kier alpha value is -2.90. The predicted molar refractivity (Wildman–Crippen MR) is 108 cm³/mol. The number of phenols is 1. The molecule has 2 aromatic heterocycles. The van der Waals surface area contributed by atoms with Gasteiger partial charge in [0.05, 0.1) is 28.6 Å². The second-order valence-corrected chi connectivity index (χ2v) is 7.04. The number of fused-ring (bicyclic) bond motifs is 1. The third-order valence-corrected chi connectivity index (χ3v) is 5.10. The minimum atomic E-state index is 0.184. The van der Waals surface area contributed by atoms with Gasteiger partial charge in [-0.25, -0.2) is 4.98 Å². The Morgan fingerprint density at radius 3 is 2.85 bits per heavy atom. The lowest BCUT2D eigenvalue weighted by Gasteiger charge is -2.11. The van der Waals surface area contributed by atoms with E-state index in [1.807, 2.05) is 42.5 Å². The van der Waals surface area contributed by atoms with Crippen LogP contribution in [0.3, 0.4) is 0 Å². The van der Waals surface area contributed by atoms with E-state index in [0.717, 1.165) is 26.7 Å². The maximum absolute atomic E-state index is 10.3. The van der Waals surface area contributed by atoms with E-state index in [-0.39, 0.29) is 5.75 Å². The molecule has 0 amide bonds. The van der Waals surface area contributed by atoms with Gasteiger partial charge in [0.15, 0.2) is 5.11 Å². The van der Waals surface area contributed by atoms with Crippen LogP contribution in [0.15, 0.2) is 65.3 Å². The highest BCUT2D eigenvalue weighted by atomic mass is 32.1. The molecule has 4 rings (SSSR count). The van der Waals surface area contributed by atoms with Crippen LogP contribution in [0.1, 0.15) is 5.76 Å². The van der Waals surface area contributed by atoms with Crippen molar-refractivity contribution in [3.63, 3.8) is 0 Å². The Labute approximate surface area is 159 Å². The molecule has 0 aliphatic heterocycles. The normalized spacial score (nSPS) is 10.8. The molecule has 0 spiro atoms. The van der Waals surface area contributed by atoms with Gasteiger partial charge >= 0.3 is 0 Å². The quantitative estimate of drug-likeness (QED) is 0.350. The van der Waals surface area contributed by atoms with E-state index in [0.29, 0.717) is 17.2 Å². The Morgan fingerprint density at radius 1 is 1.15 bits per heavy atom. The summed E-state index contributed by atoms with van der Waals surface area (Å²) in [4.78, 5) is 4.60. The number of hydrogen-bond acceptors (Lipinski definition) is 5. The van der Waals surface area contributed by atoms with Gasteiger partial charge in [0.2, 0.25) is 0 Å². The van der Waals surface area contributed by atoms with Gasteiger partial charge in [0, 0.05) is 5.69 Å². The van der Waals surface area contributed by atoms with Crippen molar-refractivity contribution in [1.82, 2.24) is 10.3 Å². The number of hydrogen-bond donors (Lipinski definition) is 3. The molecule has 0 fully saturated rings. The highest BCUT2D eigenvalue weighted by Gasteiger charge is 2.11. The molecule has 2 aromatic carbocycles. The first-order chi connectivity index (χ1) is 12.7. The number of nitrogens with one attached hydrogen (secondary N) is 2. The summed E-state index contributed by atoms with van der Waals surface area (Å²) in [6, 6.07) is 16.9. The summed E-state index contributed by atoms with van der Waals surface area (Å²) >= 11 is 6.86. The monoisotopic (exact) mass is 381 g/mol. The Balaban J connectivity index is 1.53. The summed E-state index contributed by atoms with van der Waals surface area (Å²) in [6.45, 7) is 0.502. The Morgan fingerprint density at radius 2 is 2.04 bits per heavy atom. The molecule has 3 N–H and O–H groups in total. The van der Waals surface area contributed by atoms with Crippen LogP contribution in [0.5, 0.6) is 5.75 Å². The lowest BCUT2D eigenvalue weighted by Crippen LogP contribution is -2.27. The number of aromatic nitrogens is 1. The van der Waals surface area contributed by atoms with E-state index in [2.05, 4.69) is 15.6 Å². The summed E-state index contributed by atoms with van der Waals surface area (Å²) in [5, 5.41) is 17.7. The summed E-state index contributed by atoms with van der Waals surface area (Å²) in [5.74, 6) is 0.985. The molecule has 0 bridgehead atoms. The third kappa shape index (κ3) is 3.54. The number of nitrogens with zero attached hydrogens (tertiary/aromatic N) is 1. The molecule has 7 heteroatoms. The summed E-state index contributed by atoms with van der Waals surface area (Å²) in [7, 11) is 0. The van der Waals surface area contributed by atoms with Gasteiger partial charge in [-0.1, -0.05) is 12.1 Å². The van der Waals surface area contributed by atoms with Crippen LogP contribution in [-0.4, -0.2) is 15.2 Å². The topological polar surface area (TPSA) is 70.3 Å². The standard InChI is InChI=1S/C19H15N3O2S2/c23-16-8-7-12(21-19(25)20-11-13-4-3-9-24-13)10-14(16)18-22-15-5-1-2-6-17(15)26-18/h1-10,23H,11H2,(H2,20,21,25). The van der Waals surface area contributed by atoms with Crippen molar-refractivity contribution in [1.29, 1.82) is 0 Å². The number of aromatic hydroxyl groups is 1. The summed E-state index contributed by atoms with van der Waals surface area (Å²) < 4.78 is 6.35. The smallest absolute Gasteiger partial charge is 0.171 e. The number of thiocarbonyl (C=S) groups is 1. The fourth-order valence-electron chi connectivity index (χ4n) is 2.53. The zero-order chi connectivity index (χ0) is 17.9. The first-order valence-electron chi connectivity index (χ1n) is 7.95. The maximum atomic E-state index is 10.3. The zero-order valence-corrected chi connectivity index (χ0v) is 15.2. The van der Waals surface area contributed by atoms with Crippen LogP contribution in [0.25, 0.3) is 20.8 Å². The average Bonchev–Trinajstić information content (AvgIpc) is 3.31. The number of thiazole rings is 1. The molecule has 5 nitrogen and oxygen atoms in total. The van der Waals surface area contributed by atoms with Crippen molar-refractivity contribution in [2.45, 2.75) is 6.54 Å². The number of benzene rings is 2. The number of rotatable bonds is 4. The highest BCUT2D eigenvalue weighted by Crippen LogP contribution is 2.36. The largest absolute Gasteiger partial charge is 0.507 e. The van der Waals surface area contributed by atoms with Crippen molar-refractivity contribution in [3.05, 3.63) is 66.6 Å². The van der Waals surface area contributed by atoms with Gasteiger partial charge in [0.1, 0.15) is 16.5 Å². The van der Waals surface area contributed by atoms with Crippen LogP contribution in [0.2, 0.25) is 0 Å². The van der Waals surface area contributed by atoms with Gasteiger partial charge in [-0.15, -0.1) is 11.3 Å². The van der Waals surface area contributed by atoms with Gasteiger partial charge in [-0.05, 0) is 54.7 Å². The van der Waals surface area contributed by atoms with E-state index in [1.165, 1.54) is 0 Å². The van der Waals surface area contributed by atoms with Crippen LogP contribution in [-0.2, 0) is 6.54 Å². The van der Waals surface area contributed by atoms with E-state index >= 15 is 0 Å². The minimum absolute atomic E-state index is 0.184. The van der Waals surface area contributed by atoms with Crippen LogP contribution >= 0.6 is 23.6 Å². The Bertz CT molecular complexity index is 1020. The van der Waals surface area contributed by atoms with Crippen molar-refractivity contribution < 1.29 is 9.52 Å². The molecule has 0 aliphatic rings. The third-order valence-electron chi connectivity index (χ3n) is 3.78. The first-order valence-corrected chi connectivity index (χ1v) is 9.18. The van der Waals surface area contributed by atoms with Gasteiger partial charge < -0.3 is 20.2 Å². The number of furan rings is 1. The molecule has 0 saturated carbocycles. The second-order valence-electron chi connectivity index (χ2n) is 5.61. The van der Waals surface area contributed by atoms with E-state index in [1.54, 1.807) is 29.7 Å². The molecule has 0 radical (unpaired) electrons. The lowest BCUT2D eigenvalue weighted by molar-refractivity contribution is 0.477. The van der Waals surface area contributed by atoms with Gasteiger partial charge in [-0.3, -0.25) is 0 Å². The highest BCUT2D eigenvalue weighted by molar-refractivity contribution is 7.80. The molecule has 4 aromatic rings. The average molecular weight is 381 g/mol. The molecule has 0 aliphatic carbocycles. The fourth-order valence-corrected chi connectivity index (χ4v) is 3.71. The molecular formula is C19H15N3O2S2. The van der Waals surface area contributed by atoms with Crippen molar-refractivity contribution in [3.8, 4) is 16.3 Å². The predicted octanol–water partition coefficient (Wildman–Crippen LogP) is 4.75. The Kier molecular flexibility index (Phi) is 4.55. The van der Waals surface area contributed by atoms with Crippen LogP contribution in [0.4, 0.5) is 5.69 Å². The van der Waals surface area contributed by atoms with E-state index < -0.39 is 0 Å². The van der Waals surface area contributed by atoms with E-state index in [9.17, 15) is 5.11 Å². The minimum Gasteiger partial charge on any atom is -0.507 e. The molecule has 0 saturated heterocycles. The van der Waals surface area contributed by atoms with Crippen LogP contribution < -0.4 is 10.6 Å². The number of anilines is 1. The lowest BCUT2D eigenvalue weighted by atomic mass is 10.2. The van der Waals surface area contributed by atoms with Gasteiger partial charge in [-0.2, -0.15) is 0 Å². The van der Waals surface area contributed by atoms with Crippen molar-refractivity contribution in [2.75, 3.05) is 5.32 Å². The number of phenolic OH excluding ortho intramolecular Hbond substituents is 1. The van der Waals surface area contributed by atoms with Crippen LogP contribution in [0, 0.1) is 0 Å². The maximum Gasteiger partial charge on any atom is 0.171 e. The first kappa shape index (κ1) is 16.6. The summed E-state index contributed by atoms with van der Waals surface area (Å²) in [5.41, 5.74) is 2.36. The summed E-state index contributed by atoms with van der Waals surface area (Å²) in [6.07, 6.45) is 1.62. The molecule has 26 heavy (non-hydrogen) atoms. The van der Waals surface area contributed by atoms with E-state index in [4.69, 9.17) is 16.6 Å². The fraction of sp³-hybridized carbons (Fsp3) is 0.0526. The zero-order valence-electron chi connectivity index (χ0n) is 13.6. The second kappa shape index (κ2) is 7.15. The molecule has 0 atom stereocenters. The molecule has 0 unspecified atom stereocenters. The SMILES string of the molecule is Oc1ccc(NC(=S)NCc2ccco2)cc1-c1nc2ccccc2s1. The molecule has 130 valence electrons. The molecule has 2 heterocycles. The van der Waals surface area contributed by atoms with Crippen molar-refractivity contribution in [2.24, 2.45) is 0 Å². The van der Waals surface area contributed by atoms with Gasteiger partial charge in [0.25, 0.3) is 0 Å².